The predicted molar refractivity (Wildman–Crippen MR) is 78.4 cm³/mol. The lowest BCUT2D eigenvalue weighted by molar-refractivity contribution is -0.146. The van der Waals surface area contributed by atoms with Crippen LogP contribution in [0.4, 0.5) is 0 Å². The predicted octanol–water partition coefficient (Wildman–Crippen LogP) is 2.08. The maximum atomic E-state index is 12.0. The molecule has 2 unspecified atom stereocenters. The summed E-state index contributed by atoms with van der Waals surface area (Å²) in [6.45, 7) is 5.58. The third-order valence-corrected chi connectivity index (χ3v) is 4.75. The highest BCUT2D eigenvalue weighted by molar-refractivity contribution is 8.15. The first-order valence-electron chi connectivity index (χ1n) is 6.24. The lowest BCUT2D eigenvalue weighted by Crippen LogP contribution is -2.19. The van der Waals surface area contributed by atoms with Crippen molar-refractivity contribution in [2.45, 2.75) is 25.0 Å². The van der Waals surface area contributed by atoms with Gasteiger partial charge in [-0.05, 0) is 32.1 Å². The molecular weight excluding hydrogens is 262 g/mol. The Labute approximate surface area is 116 Å². The van der Waals surface area contributed by atoms with Crippen molar-refractivity contribution in [3.8, 4) is 0 Å². The normalized spacial score (nSPS) is 27.6. The minimum absolute atomic E-state index is 0.0989. The smallest absolute Gasteiger partial charge is 0.313 e. The second kappa shape index (κ2) is 5.69. The molecule has 2 rings (SSSR count). The molecule has 0 radical (unpaired) electrons. The Hall–Kier alpha value is -1.43. The summed E-state index contributed by atoms with van der Waals surface area (Å²) in [6, 6.07) is 0. The topological polar surface area (TPSA) is 74.9 Å². The molecule has 1 aliphatic carbocycles. The number of nitrogens with one attached hydrogen (secondary N) is 1. The van der Waals surface area contributed by atoms with Gasteiger partial charge in [-0.1, -0.05) is 11.8 Å². The summed E-state index contributed by atoms with van der Waals surface area (Å²) in [7, 11) is 1.69. The Kier molecular flexibility index (Phi) is 4.19. The van der Waals surface area contributed by atoms with E-state index in [4.69, 9.17) is 10.1 Å². The van der Waals surface area contributed by atoms with Gasteiger partial charge in [-0.2, -0.15) is 0 Å². The molecule has 1 N–H and O–H groups in total. The van der Waals surface area contributed by atoms with Crippen LogP contribution in [0.1, 0.15) is 19.8 Å². The number of ether oxygens (including phenoxy) is 1. The molecule has 0 aromatic rings. The maximum absolute atomic E-state index is 12.0. The summed E-state index contributed by atoms with van der Waals surface area (Å²) in [5.74, 6) is -0.358. The van der Waals surface area contributed by atoms with Gasteiger partial charge in [0.05, 0.1) is 18.1 Å². The second-order valence-corrected chi connectivity index (χ2v) is 5.55. The zero-order chi connectivity index (χ0) is 14.0. The third-order valence-electron chi connectivity index (χ3n) is 3.37. The van der Waals surface area contributed by atoms with Crippen molar-refractivity contribution in [1.82, 2.24) is 0 Å². The summed E-state index contributed by atoms with van der Waals surface area (Å²) in [4.78, 5) is 19.9. The molecule has 1 aliphatic heterocycles. The molecule has 0 aromatic heterocycles. The van der Waals surface area contributed by atoms with Crippen LogP contribution < -0.4 is 0 Å². The molecule has 0 spiro atoms. The SMILES string of the molecule is C=NC(=N)C1=C2C(CCC2C(=O)OCC)SC1=NC. The number of esters is 1. The number of nitrogens with zero attached hydrogens (tertiary/aromatic N) is 2. The average Bonchev–Trinajstić information content (AvgIpc) is 2.95. The first kappa shape index (κ1) is 14.0. The zero-order valence-corrected chi connectivity index (χ0v) is 11.9. The van der Waals surface area contributed by atoms with Crippen molar-refractivity contribution >= 4 is 35.3 Å². The minimum atomic E-state index is -0.256. The molecule has 0 amide bonds. The third kappa shape index (κ3) is 2.36. The molecule has 1 heterocycles. The molecule has 6 heteroatoms. The zero-order valence-electron chi connectivity index (χ0n) is 11.1. The van der Waals surface area contributed by atoms with Crippen LogP contribution in [-0.4, -0.2) is 42.5 Å². The van der Waals surface area contributed by atoms with Crippen molar-refractivity contribution < 1.29 is 9.53 Å². The molecule has 19 heavy (non-hydrogen) atoms. The van der Waals surface area contributed by atoms with Crippen LogP contribution >= 0.6 is 11.8 Å². The van der Waals surface area contributed by atoms with E-state index in [0.717, 1.165) is 23.5 Å². The molecule has 2 atom stereocenters. The van der Waals surface area contributed by atoms with Gasteiger partial charge in [0.2, 0.25) is 0 Å². The summed E-state index contributed by atoms with van der Waals surface area (Å²) in [5, 5.41) is 8.93. The first-order chi connectivity index (χ1) is 9.13. The van der Waals surface area contributed by atoms with Gasteiger partial charge in [-0.25, -0.2) is 4.99 Å². The fourth-order valence-electron chi connectivity index (χ4n) is 2.60. The Balaban J connectivity index is 2.43. The van der Waals surface area contributed by atoms with Crippen LogP contribution in [0.25, 0.3) is 0 Å². The van der Waals surface area contributed by atoms with Crippen molar-refractivity contribution in [3.05, 3.63) is 11.1 Å². The van der Waals surface area contributed by atoms with E-state index in [0.29, 0.717) is 12.2 Å². The maximum Gasteiger partial charge on any atom is 0.313 e. The monoisotopic (exact) mass is 279 g/mol. The van der Waals surface area contributed by atoms with E-state index in [-0.39, 0.29) is 23.0 Å². The van der Waals surface area contributed by atoms with Gasteiger partial charge in [0, 0.05) is 12.3 Å². The summed E-state index contributed by atoms with van der Waals surface area (Å²) in [5.41, 5.74) is 1.64. The Morgan fingerprint density at radius 3 is 2.89 bits per heavy atom. The van der Waals surface area contributed by atoms with Crippen LogP contribution in [-0.2, 0) is 9.53 Å². The highest BCUT2D eigenvalue weighted by atomic mass is 32.2. The van der Waals surface area contributed by atoms with E-state index in [1.165, 1.54) is 0 Å². The molecule has 0 bridgehead atoms. The van der Waals surface area contributed by atoms with Crippen LogP contribution in [0.15, 0.2) is 21.1 Å². The average molecular weight is 279 g/mol. The van der Waals surface area contributed by atoms with Gasteiger partial charge in [-0.3, -0.25) is 15.2 Å². The van der Waals surface area contributed by atoms with Crippen molar-refractivity contribution in [2.75, 3.05) is 13.7 Å². The highest BCUT2D eigenvalue weighted by Gasteiger charge is 2.45. The number of hydrogen-bond donors (Lipinski definition) is 1. The van der Waals surface area contributed by atoms with Crippen LogP contribution in [0, 0.1) is 11.3 Å². The lowest BCUT2D eigenvalue weighted by Gasteiger charge is -2.12. The molecular formula is C13H17N3O2S. The first-order valence-corrected chi connectivity index (χ1v) is 7.12. The van der Waals surface area contributed by atoms with E-state index in [1.807, 2.05) is 0 Å². The van der Waals surface area contributed by atoms with E-state index in [9.17, 15) is 4.79 Å². The van der Waals surface area contributed by atoms with Crippen molar-refractivity contribution in [1.29, 1.82) is 5.41 Å². The van der Waals surface area contributed by atoms with Crippen molar-refractivity contribution in [3.63, 3.8) is 0 Å². The van der Waals surface area contributed by atoms with Gasteiger partial charge >= 0.3 is 5.97 Å². The number of carbonyl (C=O) groups excluding carboxylic acids is 1. The van der Waals surface area contributed by atoms with Gasteiger partial charge in [0.25, 0.3) is 0 Å². The van der Waals surface area contributed by atoms with Crippen LogP contribution in [0.3, 0.4) is 0 Å². The Morgan fingerprint density at radius 2 is 2.32 bits per heavy atom. The lowest BCUT2D eigenvalue weighted by atomic mass is 9.97. The van der Waals surface area contributed by atoms with Crippen LogP contribution in [0.5, 0.6) is 0 Å². The summed E-state index contributed by atoms with van der Waals surface area (Å²) in [6.07, 6.45) is 1.69. The highest BCUT2D eigenvalue weighted by Crippen LogP contribution is 2.48. The van der Waals surface area contributed by atoms with Gasteiger partial charge in [0.15, 0.2) is 5.84 Å². The van der Waals surface area contributed by atoms with Crippen LogP contribution in [0.2, 0.25) is 0 Å². The number of fused-ring (bicyclic) bond motifs is 1. The Bertz CT molecular complexity index is 496. The quantitative estimate of drug-likeness (QED) is 0.488. The molecule has 0 aromatic carbocycles. The summed E-state index contributed by atoms with van der Waals surface area (Å²) >= 11 is 1.61. The number of aliphatic imine (C=N–C) groups is 2. The summed E-state index contributed by atoms with van der Waals surface area (Å²) < 4.78 is 5.13. The van der Waals surface area contributed by atoms with E-state index in [2.05, 4.69) is 16.7 Å². The number of rotatable bonds is 3. The Morgan fingerprint density at radius 1 is 1.58 bits per heavy atom. The number of hydrogen-bond acceptors (Lipinski definition) is 5. The van der Waals surface area contributed by atoms with E-state index < -0.39 is 0 Å². The van der Waals surface area contributed by atoms with Crippen molar-refractivity contribution in [2.24, 2.45) is 15.9 Å². The van der Waals surface area contributed by atoms with Gasteiger partial charge in [-0.15, -0.1) is 0 Å². The number of thioether (sulfide) groups is 1. The fourth-order valence-corrected chi connectivity index (χ4v) is 3.97. The number of carbonyl (C=O) groups is 1. The number of amidine groups is 1. The van der Waals surface area contributed by atoms with Gasteiger partial charge < -0.3 is 4.74 Å². The molecule has 5 nitrogen and oxygen atoms in total. The van der Waals surface area contributed by atoms with Gasteiger partial charge in [0.1, 0.15) is 5.04 Å². The standard InChI is InChI=1S/C13H17N3O2S/c1-4-18-13(17)7-5-6-8-9(7)10(11(14)15-2)12(16-3)19-8/h7-8,14H,2,4-6H2,1,3H3. The molecule has 1 fully saturated rings. The largest absolute Gasteiger partial charge is 0.466 e. The van der Waals surface area contributed by atoms with E-state index in [1.54, 1.807) is 25.7 Å². The molecule has 102 valence electrons. The molecule has 0 saturated heterocycles. The van der Waals surface area contributed by atoms with E-state index >= 15 is 0 Å². The molecule has 2 aliphatic rings. The molecule has 1 saturated carbocycles. The second-order valence-electron chi connectivity index (χ2n) is 4.35. The fraction of sp³-hybridized carbons (Fsp3) is 0.538. The minimum Gasteiger partial charge on any atom is -0.466 e.